The van der Waals surface area contributed by atoms with Crippen LogP contribution in [0.3, 0.4) is 0 Å². The molecule has 0 bridgehead atoms. The first-order valence-corrected chi connectivity index (χ1v) is 7.14. The second-order valence-electron chi connectivity index (χ2n) is 4.13. The van der Waals surface area contributed by atoms with E-state index in [1.54, 1.807) is 0 Å². The van der Waals surface area contributed by atoms with Gasteiger partial charge in [0, 0.05) is 5.69 Å². The summed E-state index contributed by atoms with van der Waals surface area (Å²) in [5.41, 5.74) is 0.136. The standard InChI is InChI=1S/C12H10N4O4S/c1-7-11(10(12(17)18)15-14-7)21(19,20)16-9-4-2-8(6-13)3-5-9/h2-5,16H,1H3,(H,14,15)(H,17,18). The third-order valence-corrected chi connectivity index (χ3v) is 4.17. The first-order chi connectivity index (χ1) is 9.85. The number of anilines is 1. The van der Waals surface area contributed by atoms with Crippen molar-refractivity contribution in [3.63, 3.8) is 0 Å². The summed E-state index contributed by atoms with van der Waals surface area (Å²) in [6.45, 7) is 1.41. The van der Waals surface area contributed by atoms with E-state index < -0.39 is 26.6 Å². The Morgan fingerprint density at radius 2 is 2.00 bits per heavy atom. The monoisotopic (exact) mass is 306 g/mol. The Kier molecular flexibility index (Phi) is 3.64. The minimum Gasteiger partial charge on any atom is -0.476 e. The van der Waals surface area contributed by atoms with Gasteiger partial charge in [-0.2, -0.15) is 10.4 Å². The van der Waals surface area contributed by atoms with Crippen LogP contribution < -0.4 is 4.72 Å². The third-order valence-electron chi connectivity index (χ3n) is 2.63. The number of carbonyl (C=O) groups is 1. The second kappa shape index (κ2) is 5.26. The van der Waals surface area contributed by atoms with Crippen LogP contribution in [0.1, 0.15) is 21.7 Å². The van der Waals surface area contributed by atoms with Gasteiger partial charge < -0.3 is 5.11 Å². The van der Waals surface area contributed by atoms with Gasteiger partial charge in [-0.1, -0.05) is 0 Å². The number of sulfonamides is 1. The number of nitriles is 1. The van der Waals surface area contributed by atoms with E-state index >= 15 is 0 Å². The lowest BCUT2D eigenvalue weighted by molar-refractivity contribution is 0.0686. The average Bonchev–Trinajstić information content (AvgIpc) is 2.82. The molecule has 108 valence electrons. The number of rotatable bonds is 4. The Balaban J connectivity index is 2.41. The maximum atomic E-state index is 12.3. The van der Waals surface area contributed by atoms with Crippen LogP contribution in [0, 0.1) is 18.3 Å². The van der Waals surface area contributed by atoms with E-state index in [4.69, 9.17) is 10.4 Å². The number of benzene rings is 1. The van der Waals surface area contributed by atoms with E-state index in [1.807, 2.05) is 6.07 Å². The lowest BCUT2D eigenvalue weighted by Crippen LogP contribution is -2.17. The largest absolute Gasteiger partial charge is 0.476 e. The molecule has 1 aromatic carbocycles. The molecule has 0 aliphatic carbocycles. The van der Waals surface area contributed by atoms with Gasteiger partial charge in [0.1, 0.15) is 4.90 Å². The average molecular weight is 306 g/mol. The van der Waals surface area contributed by atoms with Crippen molar-refractivity contribution in [2.75, 3.05) is 4.72 Å². The topological polar surface area (TPSA) is 136 Å². The molecular weight excluding hydrogens is 296 g/mol. The van der Waals surface area contributed by atoms with Crippen molar-refractivity contribution in [2.45, 2.75) is 11.8 Å². The zero-order valence-corrected chi connectivity index (χ0v) is 11.6. The number of aromatic amines is 1. The van der Waals surface area contributed by atoms with Gasteiger partial charge in [0.05, 0.1) is 17.3 Å². The molecule has 3 N–H and O–H groups in total. The number of nitrogens with one attached hydrogen (secondary N) is 2. The van der Waals surface area contributed by atoms with Crippen molar-refractivity contribution in [1.29, 1.82) is 5.26 Å². The van der Waals surface area contributed by atoms with Crippen LogP contribution in [0.4, 0.5) is 5.69 Å². The molecule has 21 heavy (non-hydrogen) atoms. The Hall–Kier alpha value is -2.86. The fourth-order valence-electron chi connectivity index (χ4n) is 1.71. The van der Waals surface area contributed by atoms with Crippen molar-refractivity contribution >= 4 is 21.7 Å². The minimum atomic E-state index is -4.10. The van der Waals surface area contributed by atoms with E-state index in [-0.39, 0.29) is 11.4 Å². The summed E-state index contributed by atoms with van der Waals surface area (Å²) in [5.74, 6) is -1.44. The smallest absolute Gasteiger partial charge is 0.357 e. The van der Waals surface area contributed by atoms with Crippen molar-refractivity contribution in [1.82, 2.24) is 10.2 Å². The Morgan fingerprint density at radius 3 is 2.52 bits per heavy atom. The normalized spacial score (nSPS) is 10.9. The number of aryl methyl sites for hydroxylation is 1. The van der Waals surface area contributed by atoms with Crippen LogP contribution in [-0.2, 0) is 10.0 Å². The highest BCUT2D eigenvalue weighted by Crippen LogP contribution is 2.21. The molecule has 0 spiro atoms. The van der Waals surface area contributed by atoms with Crippen LogP contribution in [0.15, 0.2) is 29.2 Å². The summed E-state index contributed by atoms with van der Waals surface area (Å²) in [6, 6.07) is 7.61. The molecule has 0 saturated heterocycles. The van der Waals surface area contributed by atoms with Gasteiger partial charge in [-0.15, -0.1) is 0 Å². The Bertz CT molecular complexity index is 831. The lowest BCUT2D eigenvalue weighted by Gasteiger charge is -2.08. The van der Waals surface area contributed by atoms with Crippen molar-refractivity contribution in [2.24, 2.45) is 0 Å². The highest BCUT2D eigenvalue weighted by molar-refractivity contribution is 7.92. The van der Waals surface area contributed by atoms with E-state index in [2.05, 4.69) is 14.9 Å². The molecule has 0 saturated carbocycles. The van der Waals surface area contributed by atoms with Crippen molar-refractivity contribution in [3.8, 4) is 6.07 Å². The van der Waals surface area contributed by atoms with E-state index in [9.17, 15) is 13.2 Å². The number of carboxylic acid groups (broad SMARTS) is 1. The molecule has 0 amide bonds. The summed E-state index contributed by atoms with van der Waals surface area (Å²) in [5, 5.41) is 23.4. The van der Waals surface area contributed by atoms with Gasteiger partial charge in [-0.25, -0.2) is 13.2 Å². The van der Waals surface area contributed by atoms with Gasteiger partial charge in [0.25, 0.3) is 10.0 Å². The molecule has 0 aliphatic rings. The van der Waals surface area contributed by atoms with Crippen LogP contribution in [0.25, 0.3) is 0 Å². The molecule has 9 heteroatoms. The predicted molar refractivity (Wildman–Crippen MR) is 72.2 cm³/mol. The molecule has 8 nitrogen and oxygen atoms in total. The second-order valence-corrected chi connectivity index (χ2v) is 5.75. The third kappa shape index (κ3) is 2.85. The number of aromatic nitrogens is 2. The van der Waals surface area contributed by atoms with Crippen molar-refractivity contribution < 1.29 is 18.3 Å². The summed E-state index contributed by atoms with van der Waals surface area (Å²) >= 11 is 0. The SMILES string of the molecule is Cc1[nH]nc(C(=O)O)c1S(=O)(=O)Nc1ccc(C#N)cc1. The number of nitrogens with zero attached hydrogens (tertiary/aromatic N) is 2. The number of hydrogen-bond acceptors (Lipinski definition) is 5. The van der Waals surface area contributed by atoms with E-state index in [0.29, 0.717) is 5.56 Å². The molecule has 0 atom stereocenters. The fourth-order valence-corrected chi connectivity index (χ4v) is 3.10. The molecular formula is C12H10N4O4S. The van der Waals surface area contributed by atoms with Crippen LogP contribution in [0.5, 0.6) is 0 Å². The quantitative estimate of drug-likeness (QED) is 0.773. The molecule has 2 aromatic rings. The maximum Gasteiger partial charge on any atom is 0.357 e. The number of carboxylic acids is 1. The van der Waals surface area contributed by atoms with Crippen LogP contribution >= 0.6 is 0 Å². The summed E-state index contributed by atoms with van der Waals surface area (Å²) in [7, 11) is -4.10. The van der Waals surface area contributed by atoms with Crippen molar-refractivity contribution in [3.05, 3.63) is 41.2 Å². The van der Waals surface area contributed by atoms with Gasteiger partial charge in [-0.3, -0.25) is 9.82 Å². The molecule has 2 rings (SSSR count). The summed E-state index contributed by atoms with van der Waals surface area (Å²) in [4.78, 5) is 10.6. The van der Waals surface area contributed by atoms with Crippen LogP contribution in [0.2, 0.25) is 0 Å². The number of H-pyrrole nitrogens is 1. The van der Waals surface area contributed by atoms with Crippen LogP contribution in [-0.4, -0.2) is 29.7 Å². The molecule has 0 unspecified atom stereocenters. The maximum absolute atomic E-state index is 12.3. The van der Waals surface area contributed by atoms with Gasteiger partial charge in [0.2, 0.25) is 0 Å². The molecule has 1 heterocycles. The highest BCUT2D eigenvalue weighted by atomic mass is 32.2. The van der Waals surface area contributed by atoms with Gasteiger partial charge in [0.15, 0.2) is 5.69 Å². The minimum absolute atomic E-state index is 0.119. The number of aromatic carboxylic acids is 1. The summed E-state index contributed by atoms with van der Waals surface area (Å²) < 4.78 is 26.8. The van der Waals surface area contributed by atoms with Gasteiger partial charge in [-0.05, 0) is 31.2 Å². The molecule has 1 aromatic heterocycles. The Labute approximate surface area is 120 Å². The fraction of sp³-hybridized carbons (Fsp3) is 0.0833. The predicted octanol–water partition coefficient (Wildman–Crippen LogP) is 1.09. The summed E-state index contributed by atoms with van der Waals surface area (Å²) in [6.07, 6.45) is 0. The first kappa shape index (κ1) is 14.5. The zero-order valence-electron chi connectivity index (χ0n) is 10.8. The number of hydrogen-bond donors (Lipinski definition) is 3. The van der Waals surface area contributed by atoms with Gasteiger partial charge >= 0.3 is 5.97 Å². The molecule has 0 fully saturated rings. The first-order valence-electron chi connectivity index (χ1n) is 5.66. The Morgan fingerprint density at radius 1 is 1.38 bits per heavy atom. The molecule has 0 aliphatic heterocycles. The zero-order chi connectivity index (χ0) is 15.6. The highest BCUT2D eigenvalue weighted by Gasteiger charge is 2.28. The van der Waals surface area contributed by atoms with E-state index in [1.165, 1.54) is 31.2 Å². The van der Waals surface area contributed by atoms with E-state index in [0.717, 1.165) is 0 Å². The lowest BCUT2D eigenvalue weighted by atomic mass is 10.2. The molecule has 0 radical (unpaired) electrons.